The van der Waals surface area contributed by atoms with Crippen molar-refractivity contribution in [3.8, 4) is 5.75 Å². The summed E-state index contributed by atoms with van der Waals surface area (Å²) >= 11 is 7.09. The standard InChI is InChI=1S/C19H16ClF3N4O2S/c1-27-16(10-29-15-9-5-3-7-13(15)20)25-26-18(27)30-11-17(28)24-14-8-4-2-6-12(14)19(21,22)23/h2-9H,10-11H2,1H3,(H,24,28). The maximum atomic E-state index is 13.0. The summed E-state index contributed by atoms with van der Waals surface area (Å²) in [6, 6.07) is 11.8. The molecule has 30 heavy (non-hydrogen) atoms. The molecule has 0 saturated heterocycles. The molecule has 0 aliphatic heterocycles. The first kappa shape index (κ1) is 22.0. The molecular weight excluding hydrogens is 441 g/mol. The van der Waals surface area contributed by atoms with Crippen molar-refractivity contribution in [3.05, 3.63) is 64.9 Å². The van der Waals surface area contributed by atoms with Gasteiger partial charge in [0.2, 0.25) is 5.91 Å². The van der Waals surface area contributed by atoms with Gasteiger partial charge in [0.05, 0.1) is 22.0 Å². The van der Waals surface area contributed by atoms with E-state index in [0.29, 0.717) is 21.8 Å². The molecule has 6 nitrogen and oxygen atoms in total. The lowest BCUT2D eigenvalue weighted by molar-refractivity contribution is -0.137. The fourth-order valence-electron chi connectivity index (χ4n) is 2.46. The van der Waals surface area contributed by atoms with Crippen LogP contribution in [0.25, 0.3) is 0 Å². The number of anilines is 1. The van der Waals surface area contributed by atoms with Gasteiger partial charge in [0.25, 0.3) is 0 Å². The zero-order valence-corrected chi connectivity index (χ0v) is 17.2. The molecule has 0 fully saturated rings. The second-order valence-corrected chi connectivity index (χ2v) is 7.41. The van der Waals surface area contributed by atoms with Crippen LogP contribution in [0, 0.1) is 0 Å². The number of carbonyl (C=O) groups excluding carboxylic acids is 1. The average molecular weight is 457 g/mol. The van der Waals surface area contributed by atoms with Crippen molar-refractivity contribution in [1.82, 2.24) is 14.8 Å². The maximum absolute atomic E-state index is 13.0. The lowest BCUT2D eigenvalue weighted by Crippen LogP contribution is -2.18. The van der Waals surface area contributed by atoms with Gasteiger partial charge in [0, 0.05) is 7.05 Å². The quantitative estimate of drug-likeness (QED) is 0.517. The average Bonchev–Trinajstić information content (AvgIpc) is 3.05. The van der Waals surface area contributed by atoms with E-state index in [1.165, 1.54) is 18.2 Å². The van der Waals surface area contributed by atoms with Crippen LogP contribution in [0.15, 0.2) is 53.7 Å². The number of benzene rings is 2. The van der Waals surface area contributed by atoms with Crippen LogP contribution in [0.3, 0.4) is 0 Å². The Balaban J connectivity index is 1.58. The van der Waals surface area contributed by atoms with Crippen molar-refractivity contribution >= 4 is 35.0 Å². The van der Waals surface area contributed by atoms with Crippen molar-refractivity contribution in [1.29, 1.82) is 0 Å². The van der Waals surface area contributed by atoms with E-state index in [0.717, 1.165) is 17.8 Å². The molecule has 1 aromatic heterocycles. The molecule has 0 radical (unpaired) electrons. The minimum Gasteiger partial charge on any atom is -0.484 e. The topological polar surface area (TPSA) is 69.0 Å². The van der Waals surface area contributed by atoms with Gasteiger partial charge in [0.1, 0.15) is 12.4 Å². The van der Waals surface area contributed by atoms with Gasteiger partial charge in [-0.05, 0) is 24.3 Å². The summed E-state index contributed by atoms with van der Waals surface area (Å²) in [6.07, 6.45) is -4.56. The number of carbonyl (C=O) groups is 1. The largest absolute Gasteiger partial charge is 0.484 e. The molecule has 1 N–H and O–H groups in total. The maximum Gasteiger partial charge on any atom is 0.418 e. The van der Waals surface area contributed by atoms with Crippen LogP contribution in [0.4, 0.5) is 18.9 Å². The summed E-state index contributed by atoms with van der Waals surface area (Å²) in [7, 11) is 1.70. The first-order valence-electron chi connectivity index (χ1n) is 8.60. The lowest BCUT2D eigenvalue weighted by Gasteiger charge is -2.13. The van der Waals surface area contributed by atoms with Gasteiger partial charge >= 0.3 is 6.18 Å². The van der Waals surface area contributed by atoms with Gasteiger partial charge in [0.15, 0.2) is 11.0 Å². The number of thioether (sulfide) groups is 1. The minimum atomic E-state index is -4.56. The molecule has 1 heterocycles. The van der Waals surface area contributed by atoms with Crippen molar-refractivity contribution in [3.63, 3.8) is 0 Å². The van der Waals surface area contributed by atoms with Crippen LogP contribution in [-0.2, 0) is 24.6 Å². The zero-order valence-electron chi connectivity index (χ0n) is 15.6. The highest BCUT2D eigenvalue weighted by Crippen LogP contribution is 2.34. The molecule has 2 aromatic carbocycles. The summed E-state index contributed by atoms with van der Waals surface area (Å²) in [5.74, 6) is 0.275. The first-order chi connectivity index (χ1) is 14.3. The molecule has 0 bridgehead atoms. The third-order valence-electron chi connectivity index (χ3n) is 3.96. The van der Waals surface area contributed by atoms with Crippen LogP contribution >= 0.6 is 23.4 Å². The third-order valence-corrected chi connectivity index (χ3v) is 5.29. The summed E-state index contributed by atoms with van der Waals surface area (Å²) in [5.41, 5.74) is -1.19. The number of ether oxygens (including phenoxy) is 1. The number of nitrogens with one attached hydrogen (secondary N) is 1. The fraction of sp³-hybridized carbons (Fsp3) is 0.211. The Morgan fingerprint density at radius 3 is 2.60 bits per heavy atom. The molecule has 0 aliphatic rings. The van der Waals surface area contributed by atoms with Crippen molar-refractivity contribution < 1.29 is 22.7 Å². The number of hydrogen-bond donors (Lipinski definition) is 1. The summed E-state index contributed by atoms with van der Waals surface area (Å²) < 4.78 is 46.3. The Morgan fingerprint density at radius 2 is 1.87 bits per heavy atom. The molecule has 0 spiro atoms. The van der Waals surface area contributed by atoms with Gasteiger partial charge in [-0.25, -0.2) is 0 Å². The van der Waals surface area contributed by atoms with Crippen LogP contribution in [0.5, 0.6) is 5.75 Å². The normalized spacial score (nSPS) is 11.4. The fourth-order valence-corrected chi connectivity index (χ4v) is 3.38. The number of hydrogen-bond acceptors (Lipinski definition) is 5. The predicted molar refractivity (Wildman–Crippen MR) is 108 cm³/mol. The van der Waals surface area contributed by atoms with Gasteiger partial charge in [-0.3, -0.25) is 4.79 Å². The number of nitrogens with zero attached hydrogens (tertiary/aromatic N) is 3. The zero-order chi connectivity index (χ0) is 21.7. The summed E-state index contributed by atoms with van der Waals surface area (Å²) in [6.45, 7) is 0.110. The molecule has 3 rings (SSSR count). The van der Waals surface area contributed by atoms with E-state index in [9.17, 15) is 18.0 Å². The van der Waals surface area contributed by atoms with Crippen molar-refractivity contribution in [2.75, 3.05) is 11.1 Å². The Morgan fingerprint density at radius 1 is 1.17 bits per heavy atom. The van der Waals surface area contributed by atoms with Crippen LogP contribution in [-0.4, -0.2) is 26.4 Å². The van der Waals surface area contributed by atoms with Crippen molar-refractivity contribution in [2.24, 2.45) is 7.05 Å². The monoisotopic (exact) mass is 456 g/mol. The molecule has 158 valence electrons. The lowest BCUT2D eigenvalue weighted by atomic mass is 10.1. The molecule has 0 atom stereocenters. The number of aromatic nitrogens is 3. The predicted octanol–water partition coefficient (Wildman–Crippen LogP) is 4.80. The molecule has 0 aliphatic carbocycles. The Kier molecular flexibility index (Phi) is 6.88. The molecule has 0 saturated carbocycles. The van der Waals surface area contributed by atoms with Crippen LogP contribution in [0.2, 0.25) is 5.02 Å². The molecule has 0 unspecified atom stereocenters. The van der Waals surface area contributed by atoms with Gasteiger partial charge in [-0.2, -0.15) is 13.2 Å². The minimum absolute atomic E-state index is 0.110. The molecule has 11 heteroatoms. The van der Waals surface area contributed by atoms with E-state index in [1.54, 1.807) is 35.9 Å². The number of rotatable bonds is 7. The third kappa shape index (κ3) is 5.45. The highest BCUT2D eigenvalue weighted by Gasteiger charge is 2.33. The number of halogens is 4. The van der Waals surface area contributed by atoms with E-state index >= 15 is 0 Å². The molecule has 1 amide bonds. The first-order valence-corrected chi connectivity index (χ1v) is 9.96. The SMILES string of the molecule is Cn1c(COc2ccccc2Cl)nnc1SCC(=O)Nc1ccccc1C(F)(F)F. The highest BCUT2D eigenvalue weighted by atomic mass is 35.5. The second-order valence-electron chi connectivity index (χ2n) is 6.06. The highest BCUT2D eigenvalue weighted by molar-refractivity contribution is 7.99. The molecular formula is C19H16ClF3N4O2S. The van der Waals surface area contributed by atoms with Crippen LogP contribution in [0.1, 0.15) is 11.4 Å². The Labute approximate surface area is 179 Å². The van der Waals surface area contributed by atoms with Gasteiger partial charge in [-0.1, -0.05) is 47.6 Å². The van der Waals surface area contributed by atoms with Gasteiger partial charge in [-0.15, -0.1) is 10.2 Å². The van der Waals surface area contributed by atoms with E-state index in [1.807, 2.05) is 0 Å². The van der Waals surface area contributed by atoms with E-state index in [-0.39, 0.29) is 18.0 Å². The van der Waals surface area contributed by atoms with E-state index in [4.69, 9.17) is 16.3 Å². The Hall–Kier alpha value is -2.72. The second kappa shape index (κ2) is 9.40. The van der Waals surface area contributed by atoms with E-state index in [2.05, 4.69) is 15.5 Å². The smallest absolute Gasteiger partial charge is 0.418 e. The van der Waals surface area contributed by atoms with Gasteiger partial charge < -0.3 is 14.6 Å². The molecule has 3 aromatic rings. The van der Waals surface area contributed by atoms with Crippen LogP contribution < -0.4 is 10.1 Å². The number of amides is 1. The van der Waals surface area contributed by atoms with Crippen molar-refractivity contribution in [2.45, 2.75) is 17.9 Å². The Bertz CT molecular complexity index is 1040. The number of alkyl halides is 3. The summed E-state index contributed by atoms with van der Waals surface area (Å²) in [4.78, 5) is 12.1. The summed E-state index contributed by atoms with van der Waals surface area (Å²) in [5, 5.41) is 11.2. The van der Waals surface area contributed by atoms with E-state index < -0.39 is 17.6 Å². The number of para-hydroxylation sites is 2.